The van der Waals surface area contributed by atoms with E-state index in [0.29, 0.717) is 11.0 Å². The lowest BCUT2D eigenvalue weighted by molar-refractivity contribution is -0.141. The van der Waals surface area contributed by atoms with Gasteiger partial charge in [0.1, 0.15) is 5.82 Å². The number of carboxylic acids is 1. The van der Waals surface area contributed by atoms with Crippen LogP contribution in [0, 0.1) is 12.8 Å². The van der Waals surface area contributed by atoms with Crippen molar-refractivity contribution in [3.8, 4) is 0 Å². The van der Waals surface area contributed by atoms with Crippen LogP contribution in [0.15, 0.2) is 0 Å². The van der Waals surface area contributed by atoms with E-state index in [1.54, 1.807) is 13.8 Å². The molecule has 0 amide bonds. The predicted molar refractivity (Wildman–Crippen MR) is 54.5 cm³/mol. The molecule has 0 aromatic carbocycles. The Morgan fingerprint density at radius 3 is 2.64 bits per heavy atom. The molecule has 1 heterocycles. The third-order valence-electron chi connectivity index (χ3n) is 2.02. The number of carbonyl (C=O) groups is 1. The molecular formula is C8H13N3O2S. The Balaban J connectivity index is 2.56. The lowest BCUT2D eigenvalue weighted by Gasteiger charge is -2.16. The number of rotatable bonds is 4. The number of carboxylic acid groups (broad SMARTS) is 1. The van der Waals surface area contributed by atoms with Crippen molar-refractivity contribution in [2.75, 3.05) is 5.32 Å². The Hall–Kier alpha value is -1.17. The van der Waals surface area contributed by atoms with Crippen LogP contribution in [0.2, 0.25) is 0 Å². The summed E-state index contributed by atoms with van der Waals surface area (Å²) in [6, 6.07) is -0.153. The summed E-state index contributed by atoms with van der Waals surface area (Å²) in [5.41, 5.74) is 0. The molecule has 2 N–H and O–H groups in total. The van der Waals surface area contributed by atoms with Crippen LogP contribution in [-0.4, -0.2) is 26.5 Å². The molecule has 0 fully saturated rings. The third kappa shape index (κ3) is 2.66. The largest absolute Gasteiger partial charge is 0.481 e. The summed E-state index contributed by atoms with van der Waals surface area (Å²) in [6.07, 6.45) is 0. The van der Waals surface area contributed by atoms with Crippen LogP contribution in [0.4, 0.5) is 5.13 Å². The van der Waals surface area contributed by atoms with Gasteiger partial charge in [0.2, 0.25) is 5.13 Å². The van der Waals surface area contributed by atoms with Gasteiger partial charge in [0.15, 0.2) is 0 Å². The van der Waals surface area contributed by atoms with E-state index < -0.39 is 11.9 Å². The predicted octanol–water partition coefficient (Wildman–Crippen LogP) is 1.37. The van der Waals surface area contributed by atoms with Crippen molar-refractivity contribution in [3.63, 3.8) is 0 Å². The summed E-state index contributed by atoms with van der Waals surface area (Å²) in [4.78, 5) is 14.8. The number of aryl methyl sites for hydroxylation is 1. The van der Waals surface area contributed by atoms with E-state index in [1.165, 1.54) is 11.5 Å². The molecule has 0 radical (unpaired) electrons. The maximum Gasteiger partial charge on any atom is 0.308 e. The van der Waals surface area contributed by atoms with Gasteiger partial charge in [-0.3, -0.25) is 4.79 Å². The average Bonchev–Trinajstić information content (AvgIpc) is 2.49. The molecule has 0 aliphatic heterocycles. The van der Waals surface area contributed by atoms with Gasteiger partial charge < -0.3 is 10.4 Å². The molecule has 0 bridgehead atoms. The van der Waals surface area contributed by atoms with Crippen LogP contribution in [0.1, 0.15) is 19.7 Å². The van der Waals surface area contributed by atoms with Gasteiger partial charge in [-0.1, -0.05) is 0 Å². The van der Waals surface area contributed by atoms with Crippen molar-refractivity contribution in [1.82, 2.24) is 9.36 Å². The van der Waals surface area contributed by atoms with Crippen LogP contribution in [0.3, 0.4) is 0 Å². The molecule has 14 heavy (non-hydrogen) atoms. The highest BCUT2D eigenvalue weighted by Gasteiger charge is 2.19. The standard InChI is InChI=1S/C8H13N3O2S/c1-4(7(12)13)5(2)9-8-10-6(3)11-14-8/h4-5H,1-3H3,(H,12,13)(H,9,10,11). The van der Waals surface area contributed by atoms with E-state index >= 15 is 0 Å². The monoisotopic (exact) mass is 215 g/mol. The van der Waals surface area contributed by atoms with Gasteiger partial charge in [-0.25, -0.2) is 4.98 Å². The number of hydrogen-bond donors (Lipinski definition) is 2. The number of aromatic nitrogens is 2. The number of hydrogen-bond acceptors (Lipinski definition) is 5. The summed E-state index contributed by atoms with van der Waals surface area (Å²) < 4.78 is 3.99. The third-order valence-corrected chi connectivity index (χ3v) is 2.76. The Labute approximate surface area is 86.3 Å². The first-order valence-corrected chi connectivity index (χ1v) is 5.07. The van der Waals surface area contributed by atoms with Crippen LogP contribution >= 0.6 is 11.5 Å². The van der Waals surface area contributed by atoms with Gasteiger partial charge in [0, 0.05) is 17.6 Å². The average molecular weight is 215 g/mol. The number of aliphatic carboxylic acids is 1. The highest BCUT2D eigenvalue weighted by molar-refractivity contribution is 7.09. The summed E-state index contributed by atoms with van der Waals surface area (Å²) in [5, 5.41) is 12.4. The van der Waals surface area contributed by atoms with E-state index in [9.17, 15) is 4.79 Å². The summed E-state index contributed by atoms with van der Waals surface area (Å²) >= 11 is 1.24. The number of nitrogens with zero attached hydrogens (tertiary/aromatic N) is 2. The second-order valence-electron chi connectivity index (χ2n) is 3.21. The minimum absolute atomic E-state index is 0.153. The fourth-order valence-corrected chi connectivity index (χ4v) is 1.56. The fraction of sp³-hybridized carbons (Fsp3) is 0.625. The molecule has 0 saturated heterocycles. The van der Waals surface area contributed by atoms with Gasteiger partial charge in [0.05, 0.1) is 5.92 Å². The molecule has 0 aliphatic carbocycles. The SMILES string of the molecule is Cc1nsc(NC(C)C(C)C(=O)O)n1. The zero-order valence-electron chi connectivity index (χ0n) is 8.31. The van der Waals surface area contributed by atoms with Gasteiger partial charge >= 0.3 is 5.97 Å². The molecule has 0 aliphatic rings. The van der Waals surface area contributed by atoms with Crippen LogP contribution in [0.5, 0.6) is 0 Å². The zero-order valence-corrected chi connectivity index (χ0v) is 9.13. The highest BCUT2D eigenvalue weighted by Crippen LogP contribution is 2.14. The lowest BCUT2D eigenvalue weighted by Crippen LogP contribution is -2.29. The first-order valence-electron chi connectivity index (χ1n) is 4.30. The molecule has 78 valence electrons. The minimum atomic E-state index is -0.814. The normalized spacial score (nSPS) is 14.8. The maximum absolute atomic E-state index is 10.7. The van der Waals surface area contributed by atoms with Gasteiger partial charge in [-0.05, 0) is 20.8 Å². The molecule has 2 atom stereocenters. The quantitative estimate of drug-likeness (QED) is 0.793. The van der Waals surface area contributed by atoms with Crippen molar-refractivity contribution in [2.45, 2.75) is 26.8 Å². The zero-order chi connectivity index (χ0) is 10.7. The first-order chi connectivity index (χ1) is 6.50. The van der Waals surface area contributed by atoms with Crippen LogP contribution in [-0.2, 0) is 4.79 Å². The molecule has 0 saturated carbocycles. The topological polar surface area (TPSA) is 75.1 Å². The molecule has 1 aromatic rings. The maximum atomic E-state index is 10.7. The molecule has 6 heteroatoms. The van der Waals surface area contributed by atoms with Crippen LogP contribution < -0.4 is 5.32 Å². The van der Waals surface area contributed by atoms with E-state index in [0.717, 1.165) is 0 Å². The van der Waals surface area contributed by atoms with Crippen molar-refractivity contribution in [1.29, 1.82) is 0 Å². The number of anilines is 1. The summed E-state index contributed by atoms with van der Waals surface area (Å²) in [7, 11) is 0. The molecule has 0 spiro atoms. The van der Waals surface area contributed by atoms with Crippen molar-refractivity contribution < 1.29 is 9.90 Å². The van der Waals surface area contributed by atoms with E-state index in [2.05, 4.69) is 14.7 Å². The highest BCUT2D eigenvalue weighted by atomic mass is 32.1. The summed E-state index contributed by atoms with van der Waals surface area (Å²) in [6.45, 7) is 5.27. The first kappa shape index (κ1) is 10.9. The molecule has 1 aromatic heterocycles. The van der Waals surface area contributed by atoms with E-state index in [4.69, 9.17) is 5.11 Å². The smallest absolute Gasteiger partial charge is 0.308 e. The van der Waals surface area contributed by atoms with E-state index in [1.807, 2.05) is 6.92 Å². The van der Waals surface area contributed by atoms with Crippen molar-refractivity contribution in [3.05, 3.63) is 5.82 Å². The summed E-state index contributed by atoms with van der Waals surface area (Å²) in [5.74, 6) is -0.557. The molecular weight excluding hydrogens is 202 g/mol. The fourth-order valence-electron chi connectivity index (χ4n) is 0.889. The lowest BCUT2D eigenvalue weighted by atomic mass is 10.1. The molecule has 2 unspecified atom stereocenters. The number of nitrogens with one attached hydrogen (secondary N) is 1. The van der Waals surface area contributed by atoms with E-state index in [-0.39, 0.29) is 6.04 Å². The van der Waals surface area contributed by atoms with Crippen molar-refractivity contribution >= 4 is 22.6 Å². The molecule has 1 rings (SSSR count). The second kappa shape index (κ2) is 4.36. The van der Waals surface area contributed by atoms with Crippen molar-refractivity contribution in [2.24, 2.45) is 5.92 Å². The van der Waals surface area contributed by atoms with Gasteiger partial charge in [-0.2, -0.15) is 4.37 Å². The Morgan fingerprint density at radius 1 is 1.57 bits per heavy atom. The Bertz CT molecular complexity index is 326. The second-order valence-corrected chi connectivity index (χ2v) is 3.96. The minimum Gasteiger partial charge on any atom is -0.481 e. The Morgan fingerprint density at radius 2 is 2.21 bits per heavy atom. The van der Waals surface area contributed by atoms with Crippen LogP contribution in [0.25, 0.3) is 0 Å². The van der Waals surface area contributed by atoms with Gasteiger partial charge in [0.25, 0.3) is 0 Å². The molecule has 5 nitrogen and oxygen atoms in total. The van der Waals surface area contributed by atoms with Gasteiger partial charge in [-0.15, -0.1) is 0 Å². The Kier molecular flexibility index (Phi) is 3.40.